The molecule has 1 heterocycles. The number of aromatic amines is 1. The standard InChI is InChI=1S/C13H23NO/c1-10(9-13(2,3)4)8-12(15)11-6-5-7-14-11/h5-7,10,12,14-15H,8-9H2,1-4H3. The highest BCUT2D eigenvalue weighted by atomic mass is 16.3. The van der Waals surface area contributed by atoms with E-state index in [0.717, 1.165) is 18.5 Å². The predicted octanol–water partition coefficient (Wildman–Crippen LogP) is 3.51. The Morgan fingerprint density at radius 2 is 2.07 bits per heavy atom. The molecule has 15 heavy (non-hydrogen) atoms. The highest BCUT2D eigenvalue weighted by Gasteiger charge is 2.19. The summed E-state index contributed by atoms with van der Waals surface area (Å²) in [5.41, 5.74) is 1.27. The van der Waals surface area contributed by atoms with Gasteiger partial charge in [0.25, 0.3) is 0 Å². The van der Waals surface area contributed by atoms with Crippen molar-refractivity contribution in [2.75, 3.05) is 0 Å². The smallest absolute Gasteiger partial charge is 0.0940 e. The van der Waals surface area contributed by atoms with Crippen LogP contribution in [0.2, 0.25) is 0 Å². The van der Waals surface area contributed by atoms with Gasteiger partial charge in [-0.05, 0) is 36.3 Å². The molecule has 0 fully saturated rings. The van der Waals surface area contributed by atoms with E-state index in [1.54, 1.807) is 0 Å². The van der Waals surface area contributed by atoms with Gasteiger partial charge in [0.05, 0.1) is 6.10 Å². The molecule has 1 aromatic heterocycles. The number of rotatable bonds is 4. The van der Waals surface area contributed by atoms with Crippen LogP contribution in [0.4, 0.5) is 0 Å². The number of hydrogen-bond acceptors (Lipinski definition) is 1. The van der Waals surface area contributed by atoms with Crippen molar-refractivity contribution in [1.82, 2.24) is 4.98 Å². The molecular weight excluding hydrogens is 186 g/mol. The Bertz CT molecular complexity index is 271. The van der Waals surface area contributed by atoms with Gasteiger partial charge in [-0.2, -0.15) is 0 Å². The first kappa shape index (κ1) is 12.3. The third-order valence-electron chi connectivity index (χ3n) is 2.57. The van der Waals surface area contributed by atoms with Crippen LogP contribution in [0.3, 0.4) is 0 Å². The molecule has 0 aliphatic rings. The fraction of sp³-hybridized carbons (Fsp3) is 0.692. The summed E-state index contributed by atoms with van der Waals surface area (Å²) in [6, 6.07) is 3.86. The van der Waals surface area contributed by atoms with Gasteiger partial charge in [0.1, 0.15) is 0 Å². The molecule has 0 radical (unpaired) electrons. The van der Waals surface area contributed by atoms with Crippen LogP contribution in [0.25, 0.3) is 0 Å². The molecular formula is C13H23NO. The summed E-state index contributed by atoms with van der Waals surface area (Å²) in [6.45, 7) is 8.93. The van der Waals surface area contributed by atoms with Gasteiger partial charge < -0.3 is 10.1 Å². The minimum atomic E-state index is -0.350. The second-order valence-corrected chi connectivity index (χ2v) is 5.75. The van der Waals surface area contributed by atoms with Crippen molar-refractivity contribution < 1.29 is 5.11 Å². The lowest BCUT2D eigenvalue weighted by Gasteiger charge is -2.24. The predicted molar refractivity (Wildman–Crippen MR) is 63.6 cm³/mol. The lowest BCUT2D eigenvalue weighted by molar-refractivity contribution is 0.130. The number of aliphatic hydroxyl groups is 1. The van der Waals surface area contributed by atoms with E-state index in [-0.39, 0.29) is 6.10 Å². The van der Waals surface area contributed by atoms with Gasteiger partial charge in [0.2, 0.25) is 0 Å². The van der Waals surface area contributed by atoms with Crippen molar-refractivity contribution in [2.45, 2.75) is 46.6 Å². The highest BCUT2D eigenvalue weighted by Crippen LogP contribution is 2.29. The van der Waals surface area contributed by atoms with Crippen LogP contribution in [0, 0.1) is 11.3 Å². The molecule has 0 amide bonds. The Kier molecular flexibility index (Phi) is 3.97. The summed E-state index contributed by atoms with van der Waals surface area (Å²) in [4.78, 5) is 3.06. The zero-order valence-corrected chi connectivity index (χ0v) is 10.2. The van der Waals surface area contributed by atoms with Crippen LogP contribution in [0.5, 0.6) is 0 Å². The van der Waals surface area contributed by atoms with Gasteiger partial charge in [0.15, 0.2) is 0 Å². The van der Waals surface area contributed by atoms with Crippen molar-refractivity contribution in [3.63, 3.8) is 0 Å². The number of hydrogen-bond donors (Lipinski definition) is 2. The second kappa shape index (κ2) is 4.84. The summed E-state index contributed by atoms with van der Waals surface area (Å²) in [5, 5.41) is 9.95. The maximum Gasteiger partial charge on any atom is 0.0940 e. The van der Waals surface area contributed by atoms with Crippen LogP contribution in [0.15, 0.2) is 18.3 Å². The van der Waals surface area contributed by atoms with Crippen LogP contribution < -0.4 is 0 Å². The molecule has 2 atom stereocenters. The summed E-state index contributed by atoms with van der Waals surface area (Å²) in [5.74, 6) is 0.545. The fourth-order valence-corrected chi connectivity index (χ4v) is 2.19. The first-order valence-electron chi connectivity index (χ1n) is 5.70. The Labute approximate surface area is 92.7 Å². The summed E-state index contributed by atoms with van der Waals surface area (Å²) in [6.07, 6.45) is 3.48. The molecule has 0 aromatic carbocycles. The van der Waals surface area contributed by atoms with Crippen molar-refractivity contribution in [3.8, 4) is 0 Å². The van der Waals surface area contributed by atoms with E-state index in [1.807, 2.05) is 18.3 Å². The molecule has 0 bridgehead atoms. The SMILES string of the molecule is CC(CC(O)c1ccc[nH]1)CC(C)(C)C. The fourth-order valence-electron chi connectivity index (χ4n) is 2.19. The molecule has 0 aliphatic heterocycles. The van der Waals surface area contributed by atoms with E-state index in [2.05, 4.69) is 32.7 Å². The number of nitrogens with one attached hydrogen (secondary N) is 1. The lowest BCUT2D eigenvalue weighted by Crippen LogP contribution is -2.13. The van der Waals surface area contributed by atoms with Gasteiger partial charge >= 0.3 is 0 Å². The molecule has 2 nitrogen and oxygen atoms in total. The molecule has 86 valence electrons. The van der Waals surface area contributed by atoms with Crippen molar-refractivity contribution in [1.29, 1.82) is 0 Å². The van der Waals surface area contributed by atoms with Crippen LogP contribution in [-0.4, -0.2) is 10.1 Å². The van der Waals surface area contributed by atoms with E-state index in [4.69, 9.17) is 0 Å². The Hall–Kier alpha value is -0.760. The monoisotopic (exact) mass is 209 g/mol. The first-order chi connectivity index (χ1) is 6.88. The Balaban J connectivity index is 2.42. The van der Waals surface area contributed by atoms with Gasteiger partial charge in [-0.1, -0.05) is 27.7 Å². The average molecular weight is 209 g/mol. The molecule has 0 aliphatic carbocycles. The van der Waals surface area contributed by atoms with E-state index < -0.39 is 0 Å². The van der Waals surface area contributed by atoms with Crippen molar-refractivity contribution in [2.24, 2.45) is 11.3 Å². The van der Waals surface area contributed by atoms with Gasteiger partial charge in [-0.25, -0.2) is 0 Å². The number of H-pyrrole nitrogens is 1. The minimum absolute atomic E-state index is 0.342. The third kappa shape index (κ3) is 4.52. The molecule has 2 N–H and O–H groups in total. The van der Waals surface area contributed by atoms with Gasteiger partial charge in [0, 0.05) is 11.9 Å². The van der Waals surface area contributed by atoms with Crippen molar-refractivity contribution in [3.05, 3.63) is 24.0 Å². The van der Waals surface area contributed by atoms with Crippen molar-refractivity contribution >= 4 is 0 Å². The zero-order valence-electron chi connectivity index (χ0n) is 10.2. The topological polar surface area (TPSA) is 36.0 Å². The average Bonchev–Trinajstić information content (AvgIpc) is 2.50. The number of aliphatic hydroxyl groups excluding tert-OH is 1. The lowest BCUT2D eigenvalue weighted by atomic mass is 9.83. The third-order valence-corrected chi connectivity index (χ3v) is 2.57. The maximum atomic E-state index is 9.95. The number of aromatic nitrogens is 1. The Morgan fingerprint density at radius 1 is 1.40 bits per heavy atom. The van der Waals surface area contributed by atoms with E-state index in [9.17, 15) is 5.11 Å². The normalized spacial score (nSPS) is 16.3. The van der Waals surface area contributed by atoms with Gasteiger partial charge in [-0.15, -0.1) is 0 Å². The first-order valence-corrected chi connectivity index (χ1v) is 5.70. The van der Waals surface area contributed by atoms with Gasteiger partial charge in [-0.3, -0.25) is 0 Å². The molecule has 2 unspecified atom stereocenters. The molecule has 2 heteroatoms. The summed E-state index contributed by atoms with van der Waals surface area (Å²) in [7, 11) is 0. The van der Waals surface area contributed by atoms with Crippen LogP contribution in [-0.2, 0) is 0 Å². The molecule has 1 aromatic rings. The summed E-state index contributed by atoms with van der Waals surface area (Å²) < 4.78 is 0. The minimum Gasteiger partial charge on any atom is -0.387 e. The van der Waals surface area contributed by atoms with E-state index >= 15 is 0 Å². The van der Waals surface area contributed by atoms with Crippen LogP contribution in [0.1, 0.15) is 52.3 Å². The van der Waals surface area contributed by atoms with Crippen LogP contribution >= 0.6 is 0 Å². The van der Waals surface area contributed by atoms with E-state index in [1.165, 1.54) is 0 Å². The zero-order chi connectivity index (χ0) is 11.5. The maximum absolute atomic E-state index is 9.95. The highest BCUT2D eigenvalue weighted by molar-refractivity contribution is 5.06. The second-order valence-electron chi connectivity index (χ2n) is 5.75. The largest absolute Gasteiger partial charge is 0.387 e. The molecule has 1 rings (SSSR count). The van der Waals surface area contributed by atoms with E-state index in [0.29, 0.717) is 11.3 Å². The molecule has 0 saturated heterocycles. The quantitative estimate of drug-likeness (QED) is 0.782. The summed E-state index contributed by atoms with van der Waals surface area (Å²) >= 11 is 0. The molecule has 0 spiro atoms. The molecule has 0 saturated carbocycles. The Morgan fingerprint density at radius 3 is 2.53 bits per heavy atom.